The van der Waals surface area contributed by atoms with Crippen molar-refractivity contribution >= 4 is 35.0 Å². The van der Waals surface area contributed by atoms with Crippen molar-refractivity contribution in [2.75, 3.05) is 23.5 Å². The number of rotatable bonds is 5. The van der Waals surface area contributed by atoms with Gasteiger partial charge in [-0.25, -0.2) is 0 Å². The topological polar surface area (TPSA) is 76.7 Å². The quantitative estimate of drug-likeness (QED) is 0.802. The molecule has 9 heteroatoms. The first-order valence-corrected chi connectivity index (χ1v) is 8.95. The predicted octanol–water partition coefficient (Wildman–Crippen LogP) is 3.98. The summed E-state index contributed by atoms with van der Waals surface area (Å²) < 4.78 is 34.4. The summed E-state index contributed by atoms with van der Waals surface area (Å²) in [5.41, 5.74) is 1.17. The maximum atomic E-state index is 12.5. The lowest BCUT2D eigenvalue weighted by Crippen LogP contribution is -2.14. The van der Waals surface area contributed by atoms with E-state index in [1.165, 1.54) is 37.1 Å². The molecule has 0 bridgehead atoms. The highest BCUT2D eigenvalue weighted by Gasteiger charge is 2.17. The van der Waals surface area contributed by atoms with Gasteiger partial charge in [-0.15, -0.1) is 11.8 Å². The van der Waals surface area contributed by atoms with Crippen LogP contribution in [0.1, 0.15) is 16.8 Å². The van der Waals surface area contributed by atoms with Crippen LogP contribution >= 0.6 is 11.8 Å². The van der Waals surface area contributed by atoms with E-state index in [1.54, 1.807) is 18.2 Å². The monoisotopic (exact) mass is 394 g/mol. The van der Waals surface area contributed by atoms with Crippen molar-refractivity contribution in [3.63, 3.8) is 0 Å². The van der Waals surface area contributed by atoms with E-state index in [0.717, 1.165) is 4.90 Å². The fourth-order valence-electron chi connectivity index (χ4n) is 2.51. The molecular formula is C18H16F2N2O4S. The van der Waals surface area contributed by atoms with Gasteiger partial charge in [0.25, 0.3) is 5.91 Å². The van der Waals surface area contributed by atoms with E-state index in [0.29, 0.717) is 23.4 Å². The Balaban J connectivity index is 1.80. The number of thioether (sulfide) groups is 1. The third kappa shape index (κ3) is 4.68. The number of methoxy groups -OCH3 is 1. The standard InChI is InChI=1S/C18H16F2N2O4S/c1-25-13-4-3-11(9-14(13)26-18(19)20)21-17(24)10-2-5-15-12(8-10)22-16(23)6-7-27-15/h2-5,8-9,18H,6-7H2,1H3,(H,21,24)(H,22,23). The van der Waals surface area contributed by atoms with Gasteiger partial charge in [-0.1, -0.05) is 0 Å². The first kappa shape index (κ1) is 19.0. The van der Waals surface area contributed by atoms with Gasteiger partial charge in [0, 0.05) is 34.4 Å². The zero-order chi connectivity index (χ0) is 19.4. The molecule has 1 aliphatic heterocycles. The molecule has 27 heavy (non-hydrogen) atoms. The van der Waals surface area contributed by atoms with Gasteiger partial charge in [-0.05, 0) is 30.3 Å². The van der Waals surface area contributed by atoms with Crippen molar-refractivity contribution in [3.05, 3.63) is 42.0 Å². The molecule has 0 saturated carbocycles. The Morgan fingerprint density at radius 3 is 2.78 bits per heavy atom. The number of halogens is 2. The largest absolute Gasteiger partial charge is 0.493 e. The highest BCUT2D eigenvalue weighted by Crippen LogP contribution is 2.33. The number of hydrogen-bond donors (Lipinski definition) is 2. The Labute approximate surface area is 158 Å². The van der Waals surface area contributed by atoms with Crippen molar-refractivity contribution in [1.82, 2.24) is 0 Å². The zero-order valence-corrected chi connectivity index (χ0v) is 15.1. The second-order valence-corrected chi connectivity index (χ2v) is 6.69. The van der Waals surface area contributed by atoms with Gasteiger partial charge >= 0.3 is 6.61 Å². The van der Waals surface area contributed by atoms with Crippen molar-refractivity contribution < 1.29 is 27.8 Å². The van der Waals surface area contributed by atoms with Crippen LogP contribution in [0, 0.1) is 0 Å². The number of fused-ring (bicyclic) bond motifs is 1. The maximum Gasteiger partial charge on any atom is 0.387 e. The van der Waals surface area contributed by atoms with Crippen LogP contribution in [-0.2, 0) is 4.79 Å². The minimum Gasteiger partial charge on any atom is -0.493 e. The minimum atomic E-state index is -3.02. The van der Waals surface area contributed by atoms with E-state index in [-0.39, 0.29) is 23.1 Å². The lowest BCUT2D eigenvalue weighted by molar-refractivity contribution is -0.115. The number of nitrogens with one attached hydrogen (secondary N) is 2. The molecule has 2 aromatic rings. The first-order valence-electron chi connectivity index (χ1n) is 7.97. The van der Waals surface area contributed by atoms with Gasteiger partial charge in [0.05, 0.1) is 12.8 Å². The number of carbonyl (C=O) groups excluding carboxylic acids is 2. The van der Waals surface area contributed by atoms with Gasteiger partial charge in [-0.3, -0.25) is 9.59 Å². The molecule has 2 aromatic carbocycles. The lowest BCUT2D eigenvalue weighted by atomic mass is 10.1. The average molecular weight is 394 g/mol. The summed E-state index contributed by atoms with van der Waals surface area (Å²) in [5.74, 6) is 0.0505. The van der Waals surface area contributed by atoms with Crippen molar-refractivity contribution in [1.29, 1.82) is 0 Å². The van der Waals surface area contributed by atoms with E-state index in [9.17, 15) is 18.4 Å². The number of ether oxygens (including phenoxy) is 2. The summed E-state index contributed by atoms with van der Waals surface area (Å²) in [6, 6.07) is 9.17. The molecule has 0 spiro atoms. The number of anilines is 2. The summed E-state index contributed by atoms with van der Waals surface area (Å²) in [5, 5.41) is 5.39. The van der Waals surface area contributed by atoms with Crippen LogP contribution in [0.25, 0.3) is 0 Å². The van der Waals surface area contributed by atoms with E-state index >= 15 is 0 Å². The Hall–Kier alpha value is -2.81. The van der Waals surface area contributed by atoms with Crippen LogP contribution in [0.2, 0.25) is 0 Å². The van der Waals surface area contributed by atoms with Gasteiger partial charge in [-0.2, -0.15) is 8.78 Å². The van der Waals surface area contributed by atoms with Gasteiger partial charge in [0.2, 0.25) is 5.91 Å². The summed E-state index contributed by atoms with van der Waals surface area (Å²) in [7, 11) is 1.33. The molecule has 0 fully saturated rings. The van der Waals surface area contributed by atoms with Gasteiger partial charge in [0.1, 0.15) is 0 Å². The van der Waals surface area contributed by atoms with Crippen molar-refractivity contribution in [3.8, 4) is 11.5 Å². The van der Waals surface area contributed by atoms with E-state index < -0.39 is 12.5 Å². The molecule has 0 atom stereocenters. The van der Waals surface area contributed by atoms with Crippen LogP contribution in [-0.4, -0.2) is 31.3 Å². The molecule has 2 N–H and O–H groups in total. The van der Waals surface area contributed by atoms with Gasteiger partial charge < -0.3 is 20.1 Å². The Morgan fingerprint density at radius 1 is 1.22 bits per heavy atom. The number of alkyl halides is 2. The predicted molar refractivity (Wildman–Crippen MR) is 98.0 cm³/mol. The summed E-state index contributed by atoms with van der Waals surface area (Å²) >= 11 is 1.53. The van der Waals surface area contributed by atoms with E-state index in [2.05, 4.69) is 15.4 Å². The number of benzene rings is 2. The normalized spacial score (nSPS) is 13.4. The number of hydrogen-bond acceptors (Lipinski definition) is 5. The van der Waals surface area contributed by atoms with Crippen molar-refractivity contribution in [2.45, 2.75) is 17.9 Å². The van der Waals surface area contributed by atoms with Crippen LogP contribution in [0.3, 0.4) is 0 Å². The molecular weight excluding hydrogens is 378 g/mol. The summed E-state index contributed by atoms with van der Waals surface area (Å²) in [4.78, 5) is 25.1. The fraction of sp³-hybridized carbons (Fsp3) is 0.222. The molecule has 0 saturated heterocycles. The Bertz CT molecular complexity index is 876. The molecule has 2 amide bonds. The van der Waals surface area contributed by atoms with Gasteiger partial charge in [0.15, 0.2) is 11.5 Å². The Morgan fingerprint density at radius 2 is 2.04 bits per heavy atom. The lowest BCUT2D eigenvalue weighted by Gasteiger charge is -2.13. The third-order valence-electron chi connectivity index (χ3n) is 3.74. The Kier molecular flexibility index (Phi) is 5.80. The number of amides is 2. The summed E-state index contributed by atoms with van der Waals surface area (Å²) in [6.45, 7) is -3.02. The fourth-order valence-corrected chi connectivity index (χ4v) is 3.44. The van der Waals surface area contributed by atoms with Crippen LogP contribution in [0.5, 0.6) is 11.5 Å². The molecule has 1 aliphatic rings. The molecule has 1 heterocycles. The minimum absolute atomic E-state index is 0.109. The molecule has 142 valence electrons. The van der Waals surface area contributed by atoms with Crippen LogP contribution < -0.4 is 20.1 Å². The SMILES string of the molecule is COc1ccc(NC(=O)c2ccc3c(c2)NC(=O)CCS3)cc1OC(F)F. The highest BCUT2D eigenvalue weighted by molar-refractivity contribution is 7.99. The highest BCUT2D eigenvalue weighted by atomic mass is 32.2. The number of carbonyl (C=O) groups is 2. The molecule has 0 unspecified atom stereocenters. The molecule has 3 rings (SSSR count). The van der Waals surface area contributed by atoms with Crippen LogP contribution in [0.15, 0.2) is 41.3 Å². The zero-order valence-electron chi connectivity index (χ0n) is 14.3. The third-order valence-corrected chi connectivity index (χ3v) is 4.82. The van der Waals surface area contributed by atoms with Crippen molar-refractivity contribution in [2.24, 2.45) is 0 Å². The van der Waals surface area contributed by atoms with E-state index in [1.807, 2.05) is 0 Å². The average Bonchev–Trinajstić information content (AvgIpc) is 2.81. The molecule has 0 aromatic heterocycles. The second-order valence-electron chi connectivity index (χ2n) is 5.56. The maximum absolute atomic E-state index is 12.5. The van der Waals surface area contributed by atoms with Crippen LogP contribution in [0.4, 0.5) is 20.2 Å². The van der Waals surface area contributed by atoms with E-state index in [4.69, 9.17) is 4.74 Å². The summed E-state index contributed by atoms with van der Waals surface area (Å²) in [6.07, 6.45) is 0.402. The molecule has 0 radical (unpaired) electrons. The first-order chi connectivity index (χ1) is 13.0. The second kappa shape index (κ2) is 8.26. The molecule has 6 nitrogen and oxygen atoms in total. The smallest absolute Gasteiger partial charge is 0.387 e. The molecule has 0 aliphatic carbocycles.